The second-order valence-electron chi connectivity index (χ2n) is 6.85. The van der Waals surface area contributed by atoms with Crippen molar-refractivity contribution in [3.8, 4) is 11.4 Å². The first kappa shape index (κ1) is 16.8. The Hall–Kier alpha value is -2.68. The van der Waals surface area contributed by atoms with E-state index in [9.17, 15) is 0 Å². The summed E-state index contributed by atoms with van der Waals surface area (Å²) in [4.78, 5) is 9.26. The highest BCUT2D eigenvalue weighted by Gasteiger charge is 2.16. The van der Waals surface area contributed by atoms with Gasteiger partial charge in [-0.15, -0.1) is 0 Å². The van der Waals surface area contributed by atoms with Gasteiger partial charge in [0.25, 0.3) is 0 Å². The fourth-order valence-electron chi connectivity index (χ4n) is 3.80. The van der Waals surface area contributed by atoms with E-state index in [0.29, 0.717) is 0 Å². The molecule has 0 fully saturated rings. The Bertz CT molecular complexity index is 1000. The molecule has 0 unspecified atom stereocenters. The summed E-state index contributed by atoms with van der Waals surface area (Å²) in [5.74, 6) is 0. The Morgan fingerprint density at radius 1 is 0.769 bits per heavy atom. The molecule has 3 nitrogen and oxygen atoms in total. The van der Waals surface area contributed by atoms with Crippen LogP contribution in [0.3, 0.4) is 0 Å². The van der Waals surface area contributed by atoms with Crippen LogP contribution in [0.15, 0.2) is 60.9 Å². The molecular formula is C23H25N3. The van der Waals surface area contributed by atoms with Crippen molar-refractivity contribution in [2.45, 2.75) is 45.6 Å². The van der Waals surface area contributed by atoms with E-state index in [1.807, 2.05) is 30.6 Å². The van der Waals surface area contributed by atoms with Gasteiger partial charge >= 0.3 is 0 Å². The minimum absolute atomic E-state index is 0.938. The third-order valence-electron chi connectivity index (χ3n) is 5.07. The summed E-state index contributed by atoms with van der Waals surface area (Å²) in [5, 5.41) is 2.57. The number of aryl methyl sites for hydroxylation is 1. The lowest BCUT2D eigenvalue weighted by Crippen LogP contribution is -2.00. The van der Waals surface area contributed by atoms with Crippen molar-refractivity contribution in [3.63, 3.8) is 0 Å². The first-order valence-electron chi connectivity index (χ1n) is 9.67. The highest BCUT2D eigenvalue weighted by atomic mass is 15.0. The summed E-state index contributed by atoms with van der Waals surface area (Å²) in [7, 11) is 0. The Morgan fingerprint density at radius 3 is 2.46 bits per heavy atom. The molecule has 4 aromatic rings. The Kier molecular flexibility index (Phi) is 4.96. The zero-order valence-electron chi connectivity index (χ0n) is 15.4. The fraction of sp³-hybridized carbons (Fsp3) is 0.304. The lowest BCUT2D eigenvalue weighted by atomic mass is 10.1. The molecule has 0 bridgehead atoms. The SMILES string of the molecule is CCCCCCCn1c2ccccc2c2ccnc(-c3ccccn3)c21. The maximum atomic E-state index is 4.71. The van der Waals surface area contributed by atoms with Gasteiger partial charge in [-0.05, 0) is 30.7 Å². The third kappa shape index (κ3) is 3.10. The van der Waals surface area contributed by atoms with Gasteiger partial charge in [0.1, 0.15) is 5.69 Å². The predicted molar refractivity (Wildman–Crippen MR) is 109 cm³/mol. The number of hydrogen-bond donors (Lipinski definition) is 0. The number of nitrogens with zero attached hydrogens (tertiary/aromatic N) is 3. The van der Waals surface area contributed by atoms with Crippen LogP contribution in [0.5, 0.6) is 0 Å². The number of rotatable bonds is 7. The molecule has 26 heavy (non-hydrogen) atoms. The van der Waals surface area contributed by atoms with E-state index in [2.05, 4.69) is 46.8 Å². The zero-order valence-corrected chi connectivity index (χ0v) is 15.4. The summed E-state index contributed by atoms with van der Waals surface area (Å²) in [6, 6.07) is 16.9. The normalized spacial score (nSPS) is 11.4. The Balaban J connectivity index is 1.84. The van der Waals surface area contributed by atoms with Crippen molar-refractivity contribution in [2.75, 3.05) is 0 Å². The maximum absolute atomic E-state index is 4.71. The summed E-state index contributed by atoms with van der Waals surface area (Å²) in [5.41, 5.74) is 4.42. The van der Waals surface area contributed by atoms with Crippen LogP contribution in [-0.4, -0.2) is 14.5 Å². The molecule has 3 heterocycles. The van der Waals surface area contributed by atoms with Crippen molar-refractivity contribution in [3.05, 3.63) is 60.9 Å². The fourth-order valence-corrected chi connectivity index (χ4v) is 3.80. The van der Waals surface area contributed by atoms with E-state index < -0.39 is 0 Å². The van der Waals surface area contributed by atoms with Gasteiger partial charge in [-0.25, -0.2) is 0 Å². The van der Waals surface area contributed by atoms with Crippen molar-refractivity contribution in [2.24, 2.45) is 0 Å². The number of benzene rings is 1. The van der Waals surface area contributed by atoms with Crippen LogP contribution < -0.4 is 0 Å². The molecule has 3 aromatic heterocycles. The van der Waals surface area contributed by atoms with E-state index in [1.165, 1.54) is 53.9 Å². The predicted octanol–water partition coefficient (Wildman–Crippen LogP) is 6.22. The summed E-state index contributed by atoms with van der Waals surface area (Å²) >= 11 is 0. The summed E-state index contributed by atoms with van der Waals surface area (Å²) in [6.45, 7) is 3.29. The molecule has 0 aliphatic rings. The van der Waals surface area contributed by atoms with Gasteiger partial charge in [-0.2, -0.15) is 0 Å². The van der Waals surface area contributed by atoms with E-state index in [-0.39, 0.29) is 0 Å². The van der Waals surface area contributed by atoms with E-state index >= 15 is 0 Å². The standard InChI is InChI=1S/C23H25N3/c1-2-3-4-5-10-17-26-21-13-7-6-11-18(21)19-14-16-25-22(23(19)26)20-12-8-9-15-24-20/h6-9,11-16H,2-5,10,17H2,1H3. The number of unbranched alkanes of at least 4 members (excludes halogenated alkanes) is 4. The van der Waals surface area contributed by atoms with Gasteiger partial charge in [0.05, 0.1) is 11.2 Å². The lowest BCUT2D eigenvalue weighted by molar-refractivity contribution is 0.584. The van der Waals surface area contributed by atoms with Crippen LogP contribution in [0.25, 0.3) is 33.2 Å². The molecule has 0 saturated heterocycles. The first-order chi connectivity index (χ1) is 12.9. The molecule has 0 atom stereocenters. The minimum Gasteiger partial charge on any atom is -0.339 e. The maximum Gasteiger partial charge on any atom is 0.113 e. The Morgan fingerprint density at radius 2 is 1.62 bits per heavy atom. The molecule has 0 N–H and O–H groups in total. The highest BCUT2D eigenvalue weighted by molar-refractivity contribution is 6.11. The van der Waals surface area contributed by atoms with Crippen LogP contribution >= 0.6 is 0 Å². The Labute approximate surface area is 154 Å². The third-order valence-corrected chi connectivity index (χ3v) is 5.07. The summed E-state index contributed by atoms with van der Waals surface area (Å²) in [6.07, 6.45) is 10.2. The van der Waals surface area contributed by atoms with Crippen LogP contribution in [0.2, 0.25) is 0 Å². The van der Waals surface area contributed by atoms with Crippen LogP contribution in [0, 0.1) is 0 Å². The molecule has 1 aromatic carbocycles. The van der Waals surface area contributed by atoms with Gasteiger partial charge in [0.15, 0.2) is 0 Å². The smallest absolute Gasteiger partial charge is 0.113 e. The van der Waals surface area contributed by atoms with Gasteiger partial charge in [0, 0.05) is 35.2 Å². The largest absolute Gasteiger partial charge is 0.339 e. The number of para-hydroxylation sites is 1. The van der Waals surface area contributed by atoms with E-state index in [4.69, 9.17) is 4.98 Å². The molecule has 0 saturated carbocycles. The van der Waals surface area contributed by atoms with Gasteiger partial charge in [-0.3, -0.25) is 9.97 Å². The number of aromatic nitrogens is 3. The quantitative estimate of drug-likeness (QED) is 0.373. The molecule has 0 aliphatic heterocycles. The van der Waals surface area contributed by atoms with Gasteiger partial charge in [-0.1, -0.05) is 56.9 Å². The van der Waals surface area contributed by atoms with E-state index in [0.717, 1.165) is 17.9 Å². The highest BCUT2D eigenvalue weighted by Crippen LogP contribution is 2.34. The van der Waals surface area contributed by atoms with E-state index in [1.54, 1.807) is 0 Å². The monoisotopic (exact) mass is 343 g/mol. The van der Waals surface area contributed by atoms with Crippen molar-refractivity contribution in [1.29, 1.82) is 0 Å². The average Bonchev–Trinajstić information content (AvgIpc) is 3.03. The van der Waals surface area contributed by atoms with Gasteiger partial charge in [0.2, 0.25) is 0 Å². The number of pyridine rings is 2. The molecule has 0 radical (unpaired) electrons. The summed E-state index contributed by atoms with van der Waals surface area (Å²) < 4.78 is 2.45. The molecular weight excluding hydrogens is 318 g/mol. The number of hydrogen-bond acceptors (Lipinski definition) is 2. The second-order valence-corrected chi connectivity index (χ2v) is 6.85. The number of fused-ring (bicyclic) bond motifs is 3. The van der Waals surface area contributed by atoms with Crippen molar-refractivity contribution < 1.29 is 0 Å². The molecule has 0 amide bonds. The minimum atomic E-state index is 0.938. The van der Waals surface area contributed by atoms with Crippen LogP contribution in [0.1, 0.15) is 39.0 Å². The van der Waals surface area contributed by atoms with Crippen LogP contribution in [0.4, 0.5) is 0 Å². The molecule has 3 heteroatoms. The second kappa shape index (κ2) is 7.69. The molecule has 4 rings (SSSR count). The molecule has 0 spiro atoms. The molecule has 0 aliphatic carbocycles. The lowest BCUT2D eigenvalue weighted by Gasteiger charge is -2.10. The first-order valence-corrected chi connectivity index (χ1v) is 9.67. The van der Waals surface area contributed by atoms with Crippen LogP contribution in [-0.2, 0) is 6.54 Å². The average molecular weight is 343 g/mol. The zero-order chi connectivity index (χ0) is 17.8. The topological polar surface area (TPSA) is 30.7 Å². The molecule has 132 valence electrons. The van der Waals surface area contributed by atoms with Gasteiger partial charge < -0.3 is 4.57 Å². The van der Waals surface area contributed by atoms with Crippen molar-refractivity contribution in [1.82, 2.24) is 14.5 Å². The van der Waals surface area contributed by atoms with Crippen molar-refractivity contribution >= 4 is 21.8 Å².